The highest BCUT2D eigenvalue weighted by Crippen LogP contribution is 2.46. The smallest absolute Gasteiger partial charge is 0.456 e. The van der Waals surface area contributed by atoms with Gasteiger partial charge >= 0.3 is 19.4 Å². The van der Waals surface area contributed by atoms with E-state index in [1.54, 1.807) is 42.5 Å². The highest BCUT2D eigenvalue weighted by molar-refractivity contribution is 7.52. The Bertz CT molecular complexity index is 1480. The number of halogens is 1. The predicted molar refractivity (Wildman–Crippen MR) is 140 cm³/mol. The van der Waals surface area contributed by atoms with Crippen LogP contribution in [0.5, 0.6) is 5.75 Å². The van der Waals surface area contributed by atoms with Gasteiger partial charge in [-0.1, -0.05) is 55.1 Å². The molecule has 1 aliphatic rings. The molecular weight excluding hydrogens is 548 g/mol. The lowest BCUT2D eigenvalue weighted by atomic mass is 10.00. The van der Waals surface area contributed by atoms with Crippen molar-refractivity contribution in [1.29, 1.82) is 0 Å². The Balaban J connectivity index is 1.48. The largest absolute Gasteiger partial charge is 0.486 e. The average molecular weight is 575 g/mol. The molecule has 0 bridgehead atoms. The number of para-hydroxylation sites is 1. The van der Waals surface area contributed by atoms with Gasteiger partial charge in [-0.25, -0.2) is 14.2 Å². The van der Waals surface area contributed by atoms with Gasteiger partial charge in [-0.15, -0.1) is 0 Å². The van der Waals surface area contributed by atoms with Crippen LogP contribution in [0.25, 0.3) is 0 Å². The quantitative estimate of drug-likeness (QED) is 0.166. The number of H-pyrrole nitrogens is 1. The van der Waals surface area contributed by atoms with E-state index >= 15 is 0 Å². The van der Waals surface area contributed by atoms with Gasteiger partial charge in [0.1, 0.15) is 24.2 Å². The number of aromatic nitrogens is 2. The van der Waals surface area contributed by atoms with Crippen molar-refractivity contribution in [2.75, 3.05) is 13.3 Å². The van der Waals surface area contributed by atoms with Gasteiger partial charge in [-0.2, -0.15) is 0 Å². The molecule has 0 amide bonds. The van der Waals surface area contributed by atoms with Gasteiger partial charge in [0.2, 0.25) is 0 Å². The van der Waals surface area contributed by atoms with Crippen molar-refractivity contribution in [2.45, 2.75) is 25.0 Å². The van der Waals surface area contributed by atoms with E-state index in [0.717, 1.165) is 16.8 Å². The number of carbonyl (C=O) groups excluding carboxylic acids is 1. The number of rotatable bonds is 12. The van der Waals surface area contributed by atoms with Crippen LogP contribution in [-0.4, -0.2) is 46.1 Å². The highest BCUT2D eigenvalue weighted by atomic mass is 31.2. The molecule has 0 aliphatic carbocycles. The molecule has 3 aromatic rings. The molecule has 4 rings (SSSR count). The topological polar surface area (TPSA) is 158 Å². The average Bonchev–Trinajstić information content (AvgIpc) is 3.26. The monoisotopic (exact) mass is 575 g/mol. The third-order valence-electron chi connectivity index (χ3n) is 5.93. The molecule has 2 aromatic carbocycles. The van der Waals surface area contributed by atoms with E-state index in [-0.39, 0.29) is 12.4 Å². The van der Waals surface area contributed by atoms with E-state index in [2.05, 4.69) is 11.7 Å². The molecule has 1 saturated heterocycles. The maximum absolute atomic E-state index is 13.9. The number of benzene rings is 2. The van der Waals surface area contributed by atoms with Crippen molar-refractivity contribution >= 4 is 13.7 Å². The summed E-state index contributed by atoms with van der Waals surface area (Å²) in [5, 5.41) is 13.0. The van der Waals surface area contributed by atoms with Crippen LogP contribution in [-0.2, 0) is 30.0 Å². The summed E-state index contributed by atoms with van der Waals surface area (Å²) in [5.41, 5.74) is -1.25. The van der Waals surface area contributed by atoms with Crippen LogP contribution in [0, 0.1) is 5.92 Å². The summed E-state index contributed by atoms with van der Waals surface area (Å²) in [6, 6.07) is 17.8. The first kappa shape index (κ1) is 29.0. The first-order valence-corrected chi connectivity index (χ1v) is 13.6. The number of aromatic amines is 1. The SMILES string of the molecule is C=C(N[P@](=O)(OC[C@H]1O[C@@H](n2ccc(=O)[nH]c2=O)[C@H](O)[C@@H]1CF)Oc1ccccc1)C(=O)OCc1ccccc1. The molecule has 1 aromatic heterocycles. The van der Waals surface area contributed by atoms with Gasteiger partial charge in [-0.3, -0.25) is 28.3 Å². The molecule has 0 radical (unpaired) electrons. The molecule has 1 aliphatic heterocycles. The number of ether oxygens (including phenoxy) is 2. The normalized spacial score (nSPS) is 21.8. The summed E-state index contributed by atoms with van der Waals surface area (Å²) < 4.78 is 50.5. The number of aliphatic hydroxyl groups excluding tert-OH is 1. The number of hydrogen-bond donors (Lipinski definition) is 3. The molecule has 0 spiro atoms. The van der Waals surface area contributed by atoms with Crippen LogP contribution in [0.4, 0.5) is 4.39 Å². The fourth-order valence-corrected chi connectivity index (χ4v) is 5.22. The molecule has 1 fully saturated rings. The highest BCUT2D eigenvalue weighted by Gasteiger charge is 2.46. The number of esters is 1. The lowest BCUT2D eigenvalue weighted by Crippen LogP contribution is -2.36. The van der Waals surface area contributed by atoms with E-state index in [0.29, 0.717) is 5.56 Å². The summed E-state index contributed by atoms with van der Waals surface area (Å²) in [6.07, 6.45) is -2.96. The molecule has 5 atom stereocenters. The number of alkyl halides is 1. The number of carbonyl (C=O) groups is 1. The van der Waals surface area contributed by atoms with Crippen molar-refractivity contribution in [3.8, 4) is 5.75 Å². The van der Waals surface area contributed by atoms with Gasteiger partial charge in [0.25, 0.3) is 5.56 Å². The summed E-state index contributed by atoms with van der Waals surface area (Å²) in [6.45, 7) is 1.85. The zero-order valence-electron chi connectivity index (χ0n) is 21.1. The van der Waals surface area contributed by atoms with Crippen molar-refractivity contribution in [3.05, 3.63) is 112 Å². The van der Waals surface area contributed by atoms with Crippen LogP contribution < -0.4 is 20.9 Å². The van der Waals surface area contributed by atoms with Gasteiger partial charge in [0, 0.05) is 18.2 Å². The van der Waals surface area contributed by atoms with E-state index in [1.807, 2.05) is 11.1 Å². The zero-order valence-corrected chi connectivity index (χ0v) is 21.9. The van der Waals surface area contributed by atoms with Gasteiger partial charge in [0.05, 0.1) is 19.4 Å². The lowest BCUT2D eigenvalue weighted by molar-refractivity contribution is -0.140. The minimum absolute atomic E-state index is 0.0669. The van der Waals surface area contributed by atoms with Crippen molar-refractivity contribution < 1.29 is 37.4 Å². The minimum atomic E-state index is -4.41. The van der Waals surface area contributed by atoms with E-state index < -0.39 is 68.3 Å². The first-order valence-electron chi connectivity index (χ1n) is 12.1. The Hall–Kier alpha value is -4.03. The van der Waals surface area contributed by atoms with Gasteiger partial charge in [-0.05, 0) is 17.7 Å². The van der Waals surface area contributed by atoms with Crippen molar-refractivity contribution in [3.63, 3.8) is 0 Å². The molecule has 212 valence electrons. The second-order valence-electron chi connectivity index (χ2n) is 8.74. The van der Waals surface area contributed by atoms with Gasteiger partial charge in [0.15, 0.2) is 6.23 Å². The molecular formula is C26H27FN3O9P. The number of aliphatic hydroxyl groups is 1. The Morgan fingerprint density at radius 2 is 1.80 bits per heavy atom. The molecule has 2 heterocycles. The zero-order chi connectivity index (χ0) is 28.7. The predicted octanol–water partition coefficient (Wildman–Crippen LogP) is 2.43. The number of nitrogens with one attached hydrogen (secondary N) is 2. The Labute approximate surface area is 227 Å². The molecule has 0 unspecified atom stereocenters. The van der Waals surface area contributed by atoms with Crippen LogP contribution in [0.3, 0.4) is 0 Å². The van der Waals surface area contributed by atoms with E-state index in [4.69, 9.17) is 18.5 Å². The second-order valence-corrected chi connectivity index (χ2v) is 10.4. The second kappa shape index (κ2) is 12.9. The summed E-state index contributed by atoms with van der Waals surface area (Å²) in [7, 11) is -4.41. The molecule has 0 saturated carbocycles. The van der Waals surface area contributed by atoms with Crippen molar-refractivity contribution in [1.82, 2.24) is 14.6 Å². The Morgan fingerprint density at radius 1 is 1.12 bits per heavy atom. The van der Waals surface area contributed by atoms with Crippen LogP contribution in [0.15, 0.2) is 94.8 Å². The maximum Gasteiger partial charge on any atom is 0.486 e. The van der Waals surface area contributed by atoms with E-state index in [1.165, 1.54) is 12.1 Å². The van der Waals surface area contributed by atoms with Crippen molar-refractivity contribution in [2.24, 2.45) is 5.92 Å². The Kier molecular flexibility index (Phi) is 9.33. The lowest BCUT2D eigenvalue weighted by Gasteiger charge is -2.23. The summed E-state index contributed by atoms with van der Waals surface area (Å²) >= 11 is 0. The molecule has 40 heavy (non-hydrogen) atoms. The third kappa shape index (κ3) is 7.13. The number of nitrogens with zero attached hydrogens (tertiary/aromatic N) is 1. The summed E-state index contributed by atoms with van der Waals surface area (Å²) in [5.74, 6) is -1.99. The molecule has 12 nitrogen and oxygen atoms in total. The number of hydrogen-bond acceptors (Lipinski definition) is 9. The molecule has 14 heteroatoms. The third-order valence-corrected chi connectivity index (χ3v) is 7.42. The molecule has 3 N–H and O–H groups in total. The maximum atomic E-state index is 13.9. The van der Waals surface area contributed by atoms with Crippen LogP contribution in [0.2, 0.25) is 0 Å². The van der Waals surface area contributed by atoms with Gasteiger partial charge < -0.3 is 19.1 Å². The van der Waals surface area contributed by atoms with Crippen LogP contribution in [0.1, 0.15) is 11.8 Å². The first-order chi connectivity index (χ1) is 19.2. The minimum Gasteiger partial charge on any atom is -0.456 e. The van der Waals surface area contributed by atoms with Crippen LogP contribution >= 0.6 is 7.75 Å². The van der Waals surface area contributed by atoms with E-state index in [9.17, 15) is 28.4 Å². The standard InChI is InChI=1S/C26H27FN3O9P/c1-17(25(33)36-15-18-8-4-2-5-9-18)29-40(35,39-19-10-6-3-7-11-19)37-16-21-20(14-27)23(32)24(38-21)30-13-12-22(31)28-26(30)34/h2-13,20-21,23-24,32H,1,14-16H2,(H,29,35)(H,28,31,34)/t20-,21-,23-,24-,40+/m1/s1. The fraction of sp³-hybridized carbons (Fsp3) is 0.269. The summed E-state index contributed by atoms with van der Waals surface area (Å²) in [4.78, 5) is 38.1. The Morgan fingerprint density at radius 3 is 2.45 bits per heavy atom. The fourth-order valence-electron chi connectivity index (χ4n) is 3.90.